The van der Waals surface area contributed by atoms with Gasteiger partial charge in [0, 0.05) is 11.6 Å². The van der Waals surface area contributed by atoms with Gasteiger partial charge in [0.1, 0.15) is 11.5 Å². The Labute approximate surface area is 91.8 Å². The average Bonchev–Trinajstić information content (AvgIpc) is 2.30. The average molecular weight is 224 g/mol. The molecule has 7 heteroatoms. The predicted molar refractivity (Wildman–Crippen MR) is 58.0 cm³/mol. The number of ether oxygens (including phenoxy) is 1. The number of hydroxylamine groups is 1. The zero-order valence-electron chi connectivity index (χ0n) is 8.56. The Kier molecular flexibility index (Phi) is 4.10. The molecule has 0 aliphatic carbocycles. The van der Waals surface area contributed by atoms with Crippen molar-refractivity contribution in [2.45, 2.75) is 0 Å². The maximum atomic E-state index is 9.53. The van der Waals surface area contributed by atoms with Gasteiger partial charge in [-0.15, -0.1) is 0 Å². The summed E-state index contributed by atoms with van der Waals surface area (Å²) in [5.74, 6) is 0.171. The first kappa shape index (κ1) is 11.8. The third kappa shape index (κ3) is 3.14. The third-order valence-electron chi connectivity index (χ3n) is 1.73. The molecule has 1 aromatic carbocycles. The van der Waals surface area contributed by atoms with Crippen LogP contribution in [0.4, 0.5) is 0 Å². The minimum atomic E-state index is -0.371. The van der Waals surface area contributed by atoms with Crippen molar-refractivity contribution in [3.63, 3.8) is 0 Å². The second kappa shape index (κ2) is 5.56. The molecule has 1 aromatic rings. The highest BCUT2D eigenvalue weighted by Gasteiger charge is 2.00. The standard InChI is InChI=1S/C9H12N4O3/c1-16-7-3-2-6(8(14)4-7)5-11-12-9(10)13-15/h2-5,14-15H,1H3,(H3,10,12,13)/b11-5+. The molecule has 0 aromatic heterocycles. The second-order valence-electron chi connectivity index (χ2n) is 2.78. The SMILES string of the molecule is COc1ccc(/C=N/NC(=N)NO)c(O)c1. The molecule has 0 bridgehead atoms. The van der Waals surface area contributed by atoms with Crippen molar-refractivity contribution in [1.82, 2.24) is 10.9 Å². The maximum Gasteiger partial charge on any atom is 0.233 e. The largest absolute Gasteiger partial charge is 0.507 e. The topological polar surface area (TPSA) is 110 Å². The Bertz CT molecular complexity index is 406. The summed E-state index contributed by atoms with van der Waals surface area (Å²) in [7, 11) is 1.50. The van der Waals surface area contributed by atoms with Crippen molar-refractivity contribution in [1.29, 1.82) is 5.41 Å². The van der Waals surface area contributed by atoms with Crippen molar-refractivity contribution < 1.29 is 15.1 Å². The Morgan fingerprint density at radius 1 is 1.56 bits per heavy atom. The highest BCUT2D eigenvalue weighted by molar-refractivity contribution is 5.85. The van der Waals surface area contributed by atoms with Gasteiger partial charge in [-0.3, -0.25) is 10.6 Å². The fourth-order valence-corrected chi connectivity index (χ4v) is 0.951. The number of rotatable bonds is 3. The first-order valence-corrected chi connectivity index (χ1v) is 4.32. The van der Waals surface area contributed by atoms with E-state index in [9.17, 15) is 5.11 Å². The lowest BCUT2D eigenvalue weighted by Gasteiger charge is -2.03. The van der Waals surface area contributed by atoms with Crippen LogP contribution in [0.1, 0.15) is 5.56 Å². The molecule has 0 unspecified atom stereocenters. The fourth-order valence-electron chi connectivity index (χ4n) is 0.951. The molecule has 0 atom stereocenters. The molecule has 0 spiro atoms. The van der Waals surface area contributed by atoms with Crippen molar-refractivity contribution in [2.75, 3.05) is 7.11 Å². The van der Waals surface area contributed by atoms with Crippen molar-refractivity contribution in [3.05, 3.63) is 23.8 Å². The lowest BCUT2D eigenvalue weighted by Crippen LogP contribution is -2.30. The van der Waals surface area contributed by atoms with Crippen LogP contribution in [0.3, 0.4) is 0 Å². The predicted octanol–water partition coefficient (Wildman–Crippen LogP) is 0.238. The van der Waals surface area contributed by atoms with Gasteiger partial charge in [-0.1, -0.05) is 0 Å². The number of phenols is 1. The normalized spacial score (nSPS) is 10.1. The van der Waals surface area contributed by atoms with E-state index in [1.807, 2.05) is 0 Å². The van der Waals surface area contributed by atoms with E-state index >= 15 is 0 Å². The van der Waals surface area contributed by atoms with Gasteiger partial charge < -0.3 is 9.84 Å². The minimum Gasteiger partial charge on any atom is -0.507 e. The smallest absolute Gasteiger partial charge is 0.233 e. The van der Waals surface area contributed by atoms with Crippen LogP contribution < -0.4 is 15.6 Å². The summed E-state index contributed by atoms with van der Waals surface area (Å²) in [6.07, 6.45) is 1.31. The van der Waals surface area contributed by atoms with E-state index in [2.05, 4.69) is 10.5 Å². The lowest BCUT2D eigenvalue weighted by molar-refractivity contribution is 0.228. The van der Waals surface area contributed by atoms with Crippen LogP contribution in [0, 0.1) is 5.41 Å². The van der Waals surface area contributed by atoms with Crippen LogP contribution >= 0.6 is 0 Å². The molecular formula is C9H12N4O3. The first-order chi connectivity index (χ1) is 7.67. The third-order valence-corrected chi connectivity index (χ3v) is 1.73. The van der Waals surface area contributed by atoms with Gasteiger partial charge in [0.15, 0.2) is 0 Å². The summed E-state index contributed by atoms with van der Waals surface area (Å²) in [4.78, 5) is 0. The summed E-state index contributed by atoms with van der Waals surface area (Å²) in [5, 5.41) is 28.4. The fraction of sp³-hybridized carbons (Fsp3) is 0.111. The van der Waals surface area contributed by atoms with E-state index in [-0.39, 0.29) is 11.7 Å². The van der Waals surface area contributed by atoms with E-state index < -0.39 is 0 Å². The molecule has 0 saturated heterocycles. The maximum absolute atomic E-state index is 9.53. The first-order valence-electron chi connectivity index (χ1n) is 4.32. The lowest BCUT2D eigenvalue weighted by atomic mass is 10.2. The molecule has 0 radical (unpaired) electrons. The number of guanidine groups is 1. The molecule has 86 valence electrons. The molecular weight excluding hydrogens is 212 g/mol. The number of benzene rings is 1. The number of aromatic hydroxyl groups is 1. The Morgan fingerprint density at radius 2 is 2.31 bits per heavy atom. The quantitative estimate of drug-likeness (QED) is 0.287. The van der Waals surface area contributed by atoms with E-state index in [1.54, 1.807) is 17.6 Å². The van der Waals surface area contributed by atoms with E-state index in [1.165, 1.54) is 19.4 Å². The molecule has 0 saturated carbocycles. The molecule has 0 fully saturated rings. The molecule has 0 aliphatic rings. The van der Waals surface area contributed by atoms with Gasteiger partial charge in [-0.2, -0.15) is 5.10 Å². The van der Waals surface area contributed by atoms with Crippen LogP contribution in [0.2, 0.25) is 0 Å². The zero-order chi connectivity index (χ0) is 12.0. The van der Waals surface area contributed by atoms with Crippen LogP contribution in [0.25, 0.3) is 0 Å². The molecule has 0 heterocycles. The Hall–Kier alpha value is -2.28. The summed E-state index contributed by atoms with van der Waals surface area (Å²) >= 11 is 0. The molecule has 16 heavy (non-hydrogen) atoms. The highest BCUT2D eigenvalue weighted by atomic mass is 16.5. The number of nitrogens with one attached hydrogen (secondary N) is 3. The number of nitrogens with zero attached hydrogens (tertiary/aromatic N) is 1. The number of methoxy groups -OCH3 is 1. The molecule has 0 aliphatic heterocycles. The molecule has 7 nitrogen and oxygen atoms in total. The Morgan fingerprint density at radius 3 is 2.88 bits per heavy atom. The molecule has 5 N–H and O–H groups in total. The van der Waals surface area contributed by atoms with E-state index in [4.69, 9.17) is 15.4 Å². The van der Waals surface area contributed by atoms with Crippen molar-refractivity contribution >= 4 is 12.2 Å². The minimum absolute atomic E-state index is 0.00777. The van der Waals surface area contributed by atoms with Gasteiger partial charge in [-0.05, 0) is 12.1 Å². The number of hydrogen-bond donors (Lipinski definition) is 5. The summed E-state index contributed by atoms with van der Waals surface area (Å²) in [6.45, 7) is 0. The molecule has 1 rings (SSSR count). The van der Waals surface area contributed by atoms with Crippen molar-refractivity contribution in [3.8, 4) is 11.5 Å². The summed E-state index contributed by atoms with van der Waals surface area (Å²) in [5.41, 5.74) is 4.20. The number of hydrogen-bond acceptors (Lipinski definition) is 5. The van der Waals surface area contributed by atoms with Gasteiger partial charge in [0.2, 0.25) is 5.96 Å². The summed E-state index contributed by atoms with van der Waals surface area (Å²) < 4.78 is 4.91. The van der Waals surface area contributed by atoms with Crippen LogP contribution in [-0.4, -0.2) is 29.6 Å². The Balaban J connectivity index is 2.70. The van der Waals surface area contributed by atoms with Crippen LogP contribution in [-0.2, 0) is 0 Å². The zero-order valence-corrected chi connectivity index (χ0v) is 8.56. The van der Waals surface area contributed by atoms with Gasteiger partial charge in [0.25, 0.3) is 0 Å². The van der Waals surface area contributed by atoms with Crippen LogP contribution in [0.5, 0.6) is 11.5 Å². The van der Waals surface area contributed by atoms with E-state index in [0.717, 1.165) is 0 Å². The van der Waals surface area contributed by atoms with Gasteiger partial charge in [0.05, 0.1) is 13.3 Å². The highest BCUT2D eigenvalue weighted by Crippen LogP contribution is 2.21. The van der Waals surface area contributed by atoms with Gasteiger partial charge >= 0.3 is 0 Å². The monoisotopic (exact) mass is 224 g/mol. The molecule has 0 amide bonds. The van der Waals surface area contributed by atoms with Gasteiger partial charge in [-0.25, -0.2) is 10.9 Å². The van der Waals surface area contributed by atoms with Crippen LogP contribution in [0.15, 0.2) is 23.3 Å². The number of phenolic OH excluding ortho intramolecular Hbond substituents is 1. The van der Waals surface area contributed by atoms with E-state index in [0.29, 0.717) is 11.3 Å². The number of hydrazone groups is 1. The second-order valence-corrected chi connectivity index (χ2v) is 2.78. The van der Waals surface area contributed by atoms with Crippen molar-refractivity contribution in [2.24, 2.45) is 5.10 Å². The summed E-state index contributed by atoms with van der Waals surface area (Å²) in [6, 6.07) is 4.71.